The summed E-state index contributed by atoms with van der Waals surface area (Å²) >= 11 is 0. The number of ether oxygens (including phenoxy) is 2. The number of esters is 1. The van der Waals surface area contributed by atoms with Crippen LogP contribution < -0.4 is 9.64 Å². The second kappa shape index (κ2) is 11.9. The molecule has 2 heterocycles. The van der Waals surface area contributed by atoms with Gasteiger partial charge < -0.3 is 14.4 Å². The Kier molecular flexibility index (Phi) is 9.49. The minimum Gasteiger partial charge on any atom is -0.493 e. The van der Waals surface area contributed by atoms with Crippen molar-refractivity contribution in [2.75, 3.05) is 26.3 Å². The van der Waals surface area contributed by atoms with Gasteiger partial charge in [-0.15, -0.1) is 0 Å². The summed E-state index contributed by atoms with van der Waals surface area (Å²) in [6, 6.07) is 7.40. The highest BCUT2D eigenvalue weighted by atomic mass is 16.5. The van der Waals surface area contributed by atoms with E-state index in [4.69, 9.17) is 9.47 Å². The molecule has 1 unspecified atom stereocenters. The van der Waals surface area contributed by atoms with E-state index in [-0.39, 0.29) is 16.8 Å². The van der Waals surface area contributed by atoms with Crippen molar-refractivity contribution in [3.05, 3.63) is 29.3 Å². The highest BCUT2D eigenvalue weighted by Gasteiger charge is 2.37. The fourth-order valence-corrected chi connectivity index (χ4v) is 5.65. The fraction of sp³-hybridized carbons (Fsp3) is 0.767. The number of carbonyl (C=O) groups is 1. The molecule has 0 saturated carbocycles. The van der Waals surface area contributed by atoms with Gasteiger partial charge in [0.1, 0.15) is 5.75 Å². The number of rotatable bonds is 11. The summed E-state index contributed by atoms with van der Waals surface area (Å²) < 4.78 is 12.0. The molecule has 34 heavy (non-hydrogen) atoms. The van der Waals surface area contributed by atoms with Crippen molar-refractivity contribution < 1.29 is 19.2 Å². The van der Waals surface area contributed by atoms with E-state index in [1.807, 2.05) is 0 Å². The molecule has 1 N–H and O–H groups in total. The zero-order chi connectivity index (χ0) is 24.8. The van der Waals surface area contributed by atoms with Crippen molar-refractivity contribution in [3.8, 4) is 5.75 Å². The monoisotopic (exact) mass is 472 g/mol. The van der Waals surface area contributed by atoms with Crippen molar-refractivity contribution in [3.63, 3.8) is 0 Å². The fourth-order valence-electron chi connectivity index (χ4n) is 5.65. The smallest absolute Gasteiger partial charge is 0.305 e. The lowest BCUT2D eigenvalue weighted by Gasteiger charge is -2.41. The minimum atomic E-state index is -0.0688. The van der Waals surface area contributed by atoms with E-state index in [1.165, 1.54) is 56.3 Å². The van der Waals surface area contributed by atoms with Gasteiger partial charge in [0.05, 0.1) is 32.3 Å². The number of piperidine rings is 2. The van der Waals surface area contributed by atoms with Crippen LogP contribution in [0, 0.1) is 5.92 Å². The summed E-state index contributed by atoms with van der Waals surface area (Å²) in [5.74, 6) is 1.44. The molecular formula is C30H50NO3+. The Morgan fingerprint density at radius 3 is 2.47 bits per heavy atom. The van der Waals surface area contributed by atoms with E-state index < -0.39 is 0 Å². The lowest BCUT2D eigenvalue weighted by atomic mass is 9.76. The van der Waals surface area contributed by atoms with E-state index in [0.717, 1.165) is 18.6 Å². The summed E-state index contributed by atoms with van der Waals surface area (Å²) in [4.78, 5) is 14.2. The number of hydrogen-bond donors (Lipinski definition) is 1. The Morgan fingerprint density at radius 2 is 1.74 bits per heavy atom. The molecule has 2 aliphatic rings. The third kappa shape index (κ3) is 6.77. The van der Waals surface area contributed by atoms with E-state index in [9.17, 15) is 4.79 Å². The second-order valence-corrected chi connectivity index (χ2v) is 12.0. The first kappa shape index (κ1) is 27.0. The van der Waals surface area contributed by atoms with Crippen LogP contribution in [0.1, 0.15) is 110 Å². The number of nitrogens with one attached hydrogen (secondary N) is 1. The van der Waals surface area contributed by atoms with Crippen LogP contribution in [-0.4, -0.2) is 38.3 Å². The van der Waals surface area contributed by atoms with Crippen LogP contribution in [0.4, 0.5) is 0 Å². The van der Waals surface area contributed by atoms with E-state index in [0.29, 0.717) is 38.0 Å². The van der Waals surface area contributed by atoms with Gasteiger partial charge in [-0.1, -0.05) is 53.7 Å². The third-order valence-corrected chi connectivity index (χ3v) is 8.93. The Hall–Kier alpha value is -1.55. The first-order valence-corrected chi connectivity index (χ1v) is 14.0. The molecule has 4 heteroatoms. The molecule has 0 bridgehead atoms. The minimum absolute atomic E-state index is 0.0447. The van der Waals surface area contributed by atoms with Crippen molar-refractivity contribution in [1.29, 1.82) is 0 Å². The quantitative estimate of drug-likeness (QED) is 0.336. The van der Waals surface area contributed by atoms with Crippen LogP contribution in [0.5, 0.6) is 5.75 Å². The number of quaternary nitrogens is 1. The number of benzene rings is 1. The number of hydrogen-bond acceptors (Lipinski definition) is 3. The molecule has 0 spiro atoms. The molecule has 0 amide bonds. The van der Waals surface area contributed by atoms with Crippen LogP contribution in [0.25, 0.3) is 0 Å². The van der Waals surface area contributed by atoms with E-state index in [1.54, 1.807) is 4.90 Å². The molecule has 2 saturated heterocycles. The maximum Gasteiger partial charge on any atom is 0.305 e. The van der Waals surface area contributed by atoms with Crippen LogP contribution in [0.2, 0.25) is 0 Å². The molecule has 0 aliphatic carbocycles. The molecule has 1 aromatic rings. The van der Waals surface area contributed by atoms with E-state index >= 15 is 0 Å². The summed E-state index contributed by atoms with van der Waals surface area (Å²) in [7, 11) is 0. The van der Waals surface area contributed by atoms with Gasteiger partial charge in [0.2, 0.25) is 0 Å². The lowest BCUT2D eigenvalue weighted by Crippen LogP contribution is -3.18. The maximum atomic E-state index is 12.4. The maximum absolute atomic E-state index is 12.4. The van der Waals surface area contributed by atoms with Crippen molar-refractivity contribution in [1.82, 2.24) is 0 Å². The topological polar surface area (TPSA) is 40.0 Å². The first-order chi connectivity index (χ1) is 16.2. The summed E-state index contributed by atoms with van der Waals surface area (Å²) in [5.41, 5.74) is 2.83. The zero-order valence-electron chi connectivity index (χ0n) is 22.8. The molecular weight excluding hydrogens is 422 g/mol. The van der Waals surface area contributed by atoms with Gasteiger partial charge in [0, 0.05) is 17.9 Å². The SMILES string of the molecule is CCC(C)(C)c1ccc(OCCCC(=O)OC[C@@H]2CCC[NH+]3CCCC[C@@H]23)c(C(C)(C)CC)c1. The number of carbonyl (C=O) groups excluding carboxylic acids is 1. The normalized spacial score (nSPS) is 23.3. The van der Waals surface area contributed by atoms with Crippen LogP contribution in [-0.2, 0) is 20.4 Å². The molecule has 0 aromatic heterocycles. The van der Waals surface area contributed by atoms with Crippen molar-refractivity contribution in [2.45, 2.75) is 116 Å². The molecule has 3 rings (SSSR count). The van der Waals surface area contributed by atoms with Gasteiger partial charge in [0.25, 0.3) is 0 Å². The summed E-state index contributed by atoms with van der Waals surface area (Å²) in [6.45, 7) is 17.4. The predicted molar refractivity (Wildman–Crippen MR) is 140 cm³/mol. The second-order valence-electron chi connectivity index (χ2n) is 12.0. The van der Waals surface area contributed by atoms with Crippen molar-refractivity contribution in [2.24, 2.45) is 5.92 Å². The largest absolute Gasteiger partial charge is 0.493 e. The van der Waals surface area contributed by atoms with Gasteiger partial charge >= 0.3 is 5.97 Å². The first-order valence-electron chi connectivity index (χ1n) is 14.0. The lowest BCUT2D eigenvalue weighted by molar-refractivity contribution is -0.940. The molecule has 3 atom stereocenters. The van der Waals surface area contributed by atoms with E-state index in [2.05, 4.69) is 59.7 Å². The van der Waals surface area contributed by atoms with Gasteiger partial charge in [-0.2, -0.15) is 0 Å². The zero-order valence-corrected chi connectivity index (χ0v) is 22.8. The summed E-state index contributed by atoms with van der Waals surface area (Å²) in [6.07, 6.45) is 9.75. The molecule has 0 radical (unpaired) electrons. The predicted octanol–water partition coefficient (Wildman–Crippen LogP) is 5.61. The highest BCUT2D eigenvalue weighted by molar-refractivity contribution is 5.69. The van der Waals surface area contributed by atoms with Crippen molar-refractivity contribution >= 4 is 5.97 Å². The molecule has 4 nitrogen and oxygen atoms in total. The van der Waals surface area contributed by atoms with Gasteiger partial charge in [-0.3, -0.25) is 4.79 Å². The summed E-state index contributed by atoms with van der Waals surface area (Å²) in [5, 5.41) is 0. The molecule has 2 fully saturated rings. The average Bonchev–Trinajstić information content (AvgIpc) is 2.85. The van der Waals surface area contributed by atoms with Gasteiger partial charge in [-0.05, 0) is 73.8 Å². The van der Waals surface area contributed by atoms with Gasteiger partial charge in [-0.25, -0.2) is 0 Å². The Balaban J connectivity index is 1.49. The Bertz CT molecular complexity index is 798. The van der Waals surface area contributed by atoms with Crippen LogP contribution in [0.3, 0.4) is 0 Å². The van der Waals surface area contributed by atoms with Gasteiger partial charge in [0.15, 0.2) is 0 Å². The van der Waals surface area contributed by atoms with Crippen LogP contribution in [0.15, 0.2) is 18.2 Å². The highest BCUT2D eigenvalue weighted by Crippen LogP contribution is 2.38. The number of fused-ring (bicyclic) bond motifs is 1. The average molecular weight is 473 g/mol. The Labute approximate surface area is 208 Å². The standard InChI is InChI=1S/C30H49NO3/c1-7-29(3,4)24-16-17-27(25(21-24)30(5,6)8-2)33-20-12-15-28(32)34-22-23-13-11-19-31-18-10-9-14-26(23)31/h16-17,21,23,26H,7-15,18-20,22H2,1-6H3/p+1/t23-,26-/m0/s1. The Morgan fingerprint density at radius 1 is 1.00 bits per heavy atom. The molecule has 2 aliphatic heterocycles. The third-order valence-electron chi connectivity index (χ3n) is 8.93. The molecule has 192 valence electrons. The molecule has 1 aromatic carbocycles. The van der Waals surface area contributed by atoms with Crippen LogP contribution >= 0.6 is 0 Å².